The Balaban J connectivity index is 1.12. The number of rotatable bonds is 8. The molecule has 2 fully saturated rings. The van der Waals surface area contributed by atoms with E-state index in [1.165, 1.54) is 24.4 Å². The van der Waals surface area contributed by atoms with Crippen molar-refractivity contribution in [1.29, 1.82) is 0 Å². The van der Waals surface area contributed by atoms with Crippen LogP contribution in [0, 0.1) is 0 Å². The van der Waals surface area contributed by atoms with Gasteiger partial charge in [0, 0.05) is 74.0 Å². The maximum absolute atomic E-state index is 14.0. The lowest BCUT2D eigenvalue weighted by Gasteiger charge is -2.34. The van der Waals surface area contributed by atoms with Gasteiger partial charge < -0.3 is 25.4 Å². The van der Waals surface area contributed by atoms with E-state index in [4.69, 9.17) is 4.74 Å². The van der Waals surface area contributed by atoms with Gasteiger partial charge in [-0.1, -0.05) is 13.0 Å². The molecule has 3 aliphatic rings. The van der Waals surface area contributed by atoms with Crippen molar-refractivity contribution in [2.45, 2.75) is 50.9 Å². The van der Waals surface area contributed by atoms with Gasteiger partial charge in [0.15, 0.2) is 0 Å². The van der Waals surface area contributed by atoms with E-state index in [-0.39, 0.29) is 41.3 Å². The highest BCUT2D eigenvalue weighted by Crippen LogP contribution is 2.46. The number of nitrogens with one attached hydrogen (secondary N) is 2. The number of anilines is 1. The molecule has 9 nitrogen and oxygen atoms in total. The van der Waals surface area contributed by atoms with Crippen LogP contribution in [0.4, 0.5) is 19.0 Å². The molecule has 6 rings (SSSR count). The molecule has 1 aromatic heterocycles. The minimum Gasteiger partial charge on any atom is -0.508 e. The molecule has 1 saturated carbocycles. The van der Waals surface area contributed by atoms with Crippen LogP contribution < -0.4 is 15.4 Å². The number of halogens is 3. The van der Waals surface area contributed by atoms with Gasteiger partial charge in [0.1, 0.15) is 23.1 Å². The Bertz CT molecular complexity index is 1570. The first-order valence-electron chi connectivity index (χ1n) is 14.8. The van der Waals surface area contributed by atoms with Gasteiger partial charge in [-0.2, -0.15) is 13.2 Å². The molecule has 1 saturated heterocycles. The number of benzene rings is 2. The molecule has 3 N–H and O–H groups in total. The summed E-state index contributed by atoms with van der Waals surface area (Å²) in [6.45, 7) is 6.18. The number of pyridine rings is 1. The number of nitrogens with zero attached hydrogens (tertiary/aromatic N) is 3. The summed E-state index contributed by atoms with van der Waals surface area (Å²) >= 11 is 0. The minimum absolute atomic E-state index is 0.0339. The van der Waals surface area contributed by atoms with Crippen molar-refractivity contribution in [3.63, 3.8) is 0 Å². The number of carbonyl (C=O) groups is 2. The fourth-order valence-electron chi connectivity index (χ4n) is 5.95. The van der Waals surface area contributed by atoms with E-state index >= 15 is 0 Å². The summed E-state index contributed by atoms with van der Waals surface area (Å²) in [5, 5.41) is 16.1. The molecule has 232 valence electrons. The second-order valence-electron chi connectivity index (χ2n) is 11.5. The molecule has 2 aliphatic heterocycles. The highest BCUT2D eigenvalue weighted by molar-refractivity contribution is 5.95. The molecule has 0 radical (unpaired) electrons. The maximum atomic E-state index is 14.0. The van der Waals surface area contributed by atoms with E-state index in [0.717, 1.165) is 31.3 Å². The first kappa shape index (κ1) is 29.9. The van der Waals surface area contributed by atoms with Gasteiger partial charge in [0.25, 0.3) is 5.91 Å². The zero-order valence-corrected chi connectivity index (χ0v) is 24.3. The second-order valence-corrected chi connectivity index (χ2v) is 11.5. The largest absolute Gasteiger partial charge is 0.508 e. The number of amides is 2. The van der Waals surface area contributed by atoms with Crippen molar-refractivity contribution in [3.05, 3.63) is 76.5 Å². The quantitative estimate of drug-likeness (QED) is 0.333. The Morgan fingerprint density at radius 2 is 1.86 bits per heavy atom. The fourth-order valence-corrected chi connectivity index (χ4v) is 5.95. The number of fused-ring (bicyclic) bond motifs is 1. The first-order chi connectivity index (χ1) is 21.1. The number of hydrogen-bond donors (Lipinski definition) is 3. The van der Waals surface area contributed by atoms with Crippen LogP contribution >= 0.6 is 0 Å². The number of ether oxygens (including phenoxy) is 1. The van der Waals surface area contributed by atoms with E-state index in [0.29, 0.717) is 55.2 Å². The molecule has 3 aromatic rings. The average Bonchev–Trinajstić information content (AvgIpc) is 3.76. The SMILES string of the molecule is CCN1CCN(Cc2ccc(C(=O)N[C@H]3C[C@@H]3c3cc(Oc4ccnc5c4CCC(=O)N5)ccc3O)cc2C(F)(F)F)CC1. The third-order valence-electron chi connectivity index (χ3n) is 8.59. The molecule has 3 heterocycles. The van der Waals surface area contributed by atoms with Crippen LogP contribution in [0.2, 0.25) is 0 Å². The summed E-state index contributed by atoms with van der Waals surface area (Å²) in [7, 11) is 0. The van der Waals surface area contributed by atoms with E-state index in [9.17, 15) is 27.9 Å². The van der Waals surface area contributed by atoms with Gasteiger partial charge in [-0.15, -0.1) is 0 Å². The van der Waals surface area contributed by atoms with Gasteiger partial charge in [-0.3, -0.25) is 14.5 Å². The molecule has 44 heavy (non-hydrogen) atoms. The molecule has 0 spiro atoms. The van der Waals surface area contributed by atoms with E-state index < -0.39 is 17.6 Å². The van der Waals surface area contributed by atoms with Crippen LogP contribution in [0.1, 0.15) is 58.3 Å². The third kappa shape index (κ3) is 6.51. The van der Waals surface area contributed by atoms with Crippen LogP contribution in [0.3, 0.4) is 0 Å². The lowest BCUT2D eigenvalue weighted by Crippen LogP contribution is -2.45. The number of aromatic hydroxyl groups is 1. The average molecular weight is 610 g/mol. The second kappa shape index (κ2) is 12.1. The molecule has 12 heteroatoms. The van der Waals surface area contributed by atoms with Gasteiger partial charge in [-0.05, 0) is 61.3 Å². The molecular formula is C32H34F3N5O4. The van der Waals surface area contributed by atoms with Gasteiger partial charge in [-0.25, -0.2) is 4.98 Å². The third-order valence-corrected chi connectivity index (χ3v) is 8.59. The number of likely N-dealkylation sites (N-methyl/N-ethyl adjacent to an activating group) is 1. The summed E-state index contributed by atoms with van der Waals surface area (Å²) in [4.78, 5) is 33.3. The van der Waals surface area contributed by atoms with Crippen LogP contribution in [-0.2, 0) is 23.9 Å². The van der Waals surface area contributed by atoms with Crippen LogP contribution in [0.15, 0.2) is 48.7 Å². The Morgan fingerprint density at radius 3 is 2.61 bits per heavy atom. The summed E-state index contributed by atoms with van der Waals surface area (Å²) < 4.78 is 48.2. The van der Waals surface area contributed by atoms with Crippen LogP contribution in [0.25, 0.3) is 0 Å². The molecule has 2 amide bonds. The highest BCUT2D eigenvalue weighted by atomic mass is 19.4. The highest BCUT2D eigenvalue weighted by Gasteiger charge is 2.42. The number of phenolic OH excluding ortho intramolecular Hbond substituents is 1. The van der Waals surface area contributed by atoms with Crippen molar-refractivity contribution in [3.8, 4) is 17.2 Å². The Labute approximate surface area is 253 Å². The number of piperazine rings is 1. The Hall–Kier alpha value is -4.16. The molecule has 0 bridgehead atoms. The van der Waals surface area contributed by atoms with Crippen LogP contribution in [0.5, 0.6) is 17.2 Å². The Morgan fingerprint density at radius 1 is 1.09 bits per heavy atom. The van der Waals surface area contributed by atoms with Crippen molar-refractivity contribution >= 4 is 17.6 Å². The Kier molecular flexibility index (Phi) is 8.21. The summed E-state index contributed by atoms with van der Waals surface area (Å²) in [5.74, 6) is 0.564. The normalized spacial score (nSPS) is 20.5. The standard InChI is InChI=1S/C32H34F3N5O4/c1-2-39-11-13-40(14-12-39)18-20-4-3-19(15-25(20)32(33,34)35)31(43)37-26-17-23(26)24-16-21(5-7-27(24)41)44-28-9-10-36-30-22(28)6-8-29(42)38-30/h3-5,7,9-10,15-16,23,26,41H,2,6,8,11-14,17-18H2,1H3,(H,37,43)(H,36,38,42)/t23-,26+/m1/s1. The minimum atomic E-state index is -4.59. The lowest BCUT2D eigenvalue weighted by molar-refractivity contribution is -0.138. The maximum Gasteiger partial charge on any atom is 0.416 e. The number of hydrogen-bond acceptors (Lipinski definition) is 7. The number of carbonyl (C=O) groups excluding carboxylic acids is 2. The molecule has 1 aliphatic carbocycles. The molecule has 2 aromatic carbocycles. The van der Waals surface area contributed by atoms with Gasteiger partial charge >= 0.3 is 6.18 Å². The van der Waals surface area contributed by atoms with Gasteiger partial charge in [0.05, 0.1) is 5.56 Å². The predicted molar refractivity (Wildman–Crippen MR) is 157 cm³/mol. The zero-order valence-electron chi connectivity index (χ0n) is 24.3. The smallest absolute Gasteiger partial charge is 0.416 e. The molecule has 2 atom stereocenters. The monoisotopic (exact) mass is 609 g/mol. The van der Waals surface area contributed by atoms with E-state index in [1.54, 1.807) is 18.2 Å². The van der Waals surface area contributed by atoms with Gasteiger partial charge in [0.2, 0.25) is 5.91 Å². The summed E-state index contributed by atoms with van der Waals surface area (Å²) in [6, 6.07) is 9.96. The van der Waals surface area contributed by atoms with Crippen molar-refractivity contribution in [2.75, 3.05) is 38.0 Å². The lowest BCUT2D eigenvalue weighted by atomic mass is 10.0. The summed E-state index contributed by atoms with van der Waals surface area (Å²) in [6.07, 6.45) is -1.72. The molecular weight excluding hydrogens is 575 g/mol. The predicted octanol–water partition coefficient (Wildman–Crippen LogP) is 4.91. The van der Waals surface area contributed by atoms with Crippen molar-refractivity contribution in [1.82, 2.24) is 20.1 Å². The number of aromatic nitrogens is 1. The topological polar surface area (TPSA) is 107 Å². The first-order valence-corrected chi connectivity index (χ1v) is 14.8. The fraction of sp³-hybridized carbons (Fsp3) is 0.406. The zero-order chi connectivity index (χ0) is 31.0. The van der Waals surface area contributed by atoms with E-state index in [2.05, 4.69) is 27.4 Å². The molecule has 0 unspecified atom stereocenters. The van der Waals surface area contributed by atoms with Crippen molar-refractivity contribution < 1.29 is 32.6 Å². The van der Waals surface area contributed by atoms with E-state index in [1.807, 2.05) is 4.90 Å². The van der Waals surface area contributed by atoms with Crippen LogP contribution in [-0.4, -0.2) is 70.5 Å². The van der Waals surface area contributed by atoms with Crippen molar-refractivity contribution in [2.24, 2.45) is 0 Å². The number of phenols is 1. The summed E-state index contributed by atoms with van der Waals surface area (Å²) in [5.41, 5.74) is 0.650. The number of alkyl halides is 3.